The molecule has 0 radical (unpaired) electrons. The summed E-state index contributed by atoms with van der Waals surface area (Å²) in [6.45, 7) is 3.32. The second kappa shape index (κ2) is 5.73. The highest BCUT2D eigenvalue weighted by Crippen LogP contribution is 2.10. The topological polar surface area (TPSA) is 35.5 Å². The average molecular weight is 208 g/mol. The third-order valence-corrected chi connectivity index (χ3v) is 2.05. The Kier molecular flexibility index (Phi) is 4.59. The summed E-state index contributed by atoms with van der Waals surface area (Å²) in [6.07, 6.45) is -0.313. The molecule has 84 valence electrons. The van der Waals surface area contributed by atoms with E-state index in [1.165, 1.54) is 5.56 Å². The lowest BCUT2D eigenvalue weighted by Crippen LogP contribution is -2.15. The second-order valence-corrected chi connectivity index (χ2v) is 4.16. The summed E-state index contributed by atoms with van der Waals surface area (Å²) in [4.78, 5) is 2.14. The van der Waals surface area contributed by atoms with Crippen molar-refractivity contribution in [1.82, 2.24) is 4.90 Å². The van der Waals surface area contributed by atoms with Gasteiger partial charge in [-0.05, 0) is 38.7 Å². The van der Waals surface area contributed by atoms with Crippen LogP contribution in [0.4, 0.5) is 5.69 Å². The Bertz CT molecular complexity index is 280. The number of aliphatic hydroxyl groups excluding tert-OH is 1. The van der Waals surface area contributed by atoms with Crippen LogP contribution in [0.2, 0.25) is 0 Å². The van der Waals surface area contributed by atoms with Gasteiger partial charge in [-0.1, -0.05) is 12.1 Å². The molecular weight excluding hydrogens is 188 g/mol. The fourth-order valence-electron chi connectivity index (χ4n) is 1.36. The van der Waals surface area contributed by atoms with Crippen LogP contribution in [0, 0.1) is 0 Å². The molecule has 0 saturated carbocycles. The molecule has 3 heteroatoms. The maximum Gasteiger partial charge on any atom is 0.0684 e. The number of rotatable bonds is 5. The Hall–Kier alpha value is -1.06. The van der Waals surface area contributed by atoms with Crippen LogP contribution in [0.3, 0.4) is 0 Å². The minimum absolute atomic E-state index is 0.313. The predicted octanol–water partition coefficient (Wildman–Crippen LogP) is 1.54. The van der Waals surface area contributed by atoms with Gasteiger partial charge in [0, 0.05) is 18.8 Å². The molecule has 0 saturated heterocycles. The summed E-state index contributed by atoms with van der Waals surface area (Å²) in [6, 6.07) is 8.29. The Morgan fingerprint density at radius 2 is 1.87 bits per heavy atom. The standard InChI is InChI=1S/C12H20N2O/c1-10(15)8-13-12-6-4-11(5-7-12)9-14(2)3/h4-7,10,13,15H,8-9H2,1-3H3. The van der Waals surface area contributed by atoms with Crippen LogP contribution in [-0.4, -0.2) is 36.8 Å². The lowest BCUT2D eigenvalue weighted by molar-refractivity contribution is 0.208. The molecule has 1 atom stereocenters. The monoisotopic (exact) mass is 208 g/mol. The number of hydrogen-bond donors (Lipinski definition) is 2. The summed E-state index contributed by atoms with van der Waals surface area (Å²) >= 11 is 0. The Labute approximate surface area is 91.7 Å². The van der Waals surface area contributed by atoms with E-state index in [4.69, 9.17) is 5.11 Å². The highest BCUT2D eigenvalue weighted by atomic mass is 16.3. The van der Waals surface area contributed by atoms with Crippen molar-refractivity contribution in [3.63, 3.8) is 0 Å². The molecule has 1 rings (SSSR count). The van der Waals surface area contributed by atoms with Gasteiger partial charge in [0.1, 0.15) is 0 Å². The first-order valence-corrected chi connectivity index (χ1v) is 5.23. The molecule has 0 aliphatic rings. The van der Waals surface area contributed by atoms with Gasteiger partial charge in [0.05, 0.1) is 6.10 Å². The molecule has 1 aromatic carbocycles. The highest BCUT2D eigenvalue weighted by molar-refractivity contribution is 5.44. The molecule has 0 aromatic heterocycles. The van der Waals surface area contributed by atoms with Crippen LogP contribution in [0.25, 0.3) is 0 Å². The van der Waals surface area contributed by atoms with E-state index >= 15 is 0 Å². The van der Waals surface area contributed by atoms with Crippen LogP contribution < -0.4 is 5.32 Å². The predicted molar refractivity (Wildman–Crippen MR) is 64.0 cm³/mol. The summed E-state index contributed by atoms with van der Waals surface area (Å²) in [5.41, 5.74) is 2.35. The lowest BCUT2D eigenvalue weighted by atomic mass is 10.2. The number of nitrogens with one attached hydrogen (secondary N) is 1. The fraction of sp³-hybridized carbons (Fsp3) is 0.500. The Morgan fingerprint density at radius 3 is 2.33 bits per heavy atom. The normalized spacial score (nSPS) is 12.9. The van der Waals surface area contributed by atoms with E-state index in [2.05, 4.69) is 36.4 Å². The molecular formula is C12H20N2O. The van der Waals surface area contributed by atoms with Crippen LogP contribution in [0.15, 0.2) is 24.3 Å². The van der Waals surface area contributed by atoms with E-state index < -0.39 is 0 Å². The van der Waals surface area contributed by atoms with Gasteiger partial charge in [0.15, 0.2) is 0 Å². The molecule has 0 spiro atoms. The first-order valence-electron chi connectivity index (χ1n) is 5.23. The Morgan fingerprint density at radius 1 is 1.27 bits per heavy atom. The van der Waals surface area contributed by atoms with Crippen molar-refractivity contribution in [2.45, 2.75) is 19.6 Å². The third-order valence-electron chi connectivity index (χ3n) is 2.05. The van der Waals surface area contributed by atoms with Gasteiger partial charge in [-0.3, -0.25) is 0 Å². The number of anilines is 1. The van der Waals surface area contributed by atoms with E-state index in [1.807, 2.05) is 12.1 Å². The summed E-state index contributed by atoms with van der Waals surface area (Å²) in [5.74, 6) is 0. The van der Waals surface area contributed by atoms with Gasteiger partial charge in [0.2, 0.25) is 0 Å². The van der Waals surface area contributed by atoms with Crippen molar-refractivity contribution in [3.8, 4) is 0 Å². The maximum atomic E-state index is 9.12. The number of benzene rings is 1. The van der Waals surface area contributed by atoms with Crippen LogP contribution >= 0.6 is 0 Å². The maximum absolute atomic E-state index is 9.12. The number of nitrogens with zero attached hydrogens (tertiary/aromatic N) is 1. The van der Waals surface area contributed by atoms with Crippen molar-refractivity contribution in [2.24, 2.45) is 0 Å². The van der Waals surface area contributed by atoms with E-state index in [0.29, 0.717) is 6.54 Å². The zero-order valence-electron chi connectivity index (χ0n) is 9.70. The highest BCUT2D eigenvalue weighted by Gasteiger charge is 1.97. The van der Waals surface area contributed by atoms with Crippen molar-refractivity contribution in [2.75, 3.05) is 26.0 Å². The third kappa shape index (κ3) is 4.81. The molecule has 0 amide bonds. The van der Waals surface area contributed by atoms with Crippen LogP contribution in [0.1, 0.15) is 12.5 Å². The van der Waals surface area contributed by atoms with Gasteiger partial charge in [0.25, 0.3) is 0 Å². The first-order chi connectivity index (χ1) is 7.08. The summed E-state index contributed by atoms with van der Waals surface area (Å²) < 4.78 is 0. The Balaban J connectivity index is 2.49. The van der Waals surface area contributed by atoms with Crippen LogP contribution in [0.5, 0.6) is 0 Å². The molecule has 0 bridgehead atoms. The lowest BCUT2D eigenvalue weighted by Gasteiger charge is -2.11. The van der Waals surface area contributed by atoms with Gasteiger partial charge in [-0.2, -0.15) is 0 Å². The van der Waals surface area contributed by atoms with Gasteiger partial charge >= 0.3 is 0 Å². The van der Waals surface area contributed by atoms with E-state index in [1.54, 1.807) is 6.92 Å². The molecule has 15 heavy (non-hydrogen) atoms. The van der Waals surface area contributed by atoms with Gasteiger partial charge in [-0.15, -0.1) is 0 Å². The van der Waals surface area contributed by atoms with Crippen LogP contribution in [-0.2, 0) is 6.54 Å². The molecule has 2 N–H and O–H groups in total. The zero-order valence-corrected chi connectivity index (χ0v) is 9.70. The van der Waals surface area contributed by atoms with Gasteiger partial charge in [-0.25, -0.2) is 0 Å². The molecule has 0 heterocycles. The van der Waals surface area contributed by atoms with Crippen molar-refractivity contribution in [1.29, 1.82) is 0 Å². The van der Waals surface area contributed by atoms with Crippen molar-refractivity contribution in [3.05, 3.63) is 29.8 Å². The quantitative estimate of drug-likeness (QED) is 0.770. The molecule has 0 aliphatic heterocycles. The van der Waals surface area contributed by atoms with E-state index in [9.17, 15) is 0 Å². The average Bonchev–Trinajstić information content (AvgIpc) is 2.16. The van der Waals surface area contributed by atoms with E-state index in [-0.39, 0.29) is 6.10 Å². The number of aliphatic hydroxyl groups is 1. The minimum atomic E-state index is -0.313. The summed E-state index contributed by atoms with van der Waals surface area (Å²) in [7, 11) is 4.11. The molecule has 3 nitrogen and oxygen atoms in total. The van der Waals surface area contributed by atoms with Crippen molar-refractivity contribution >= 4 is 5.69 Å². The first kappa shape index (κ1) is 12.0. The molecule has 1 aromatic rings. The van der Waals surface area contributed by atoms with E-state index in [0.717, 1.165) is 12.2 Å². The number of hydrogen-bond acceptors (Lipinski definition) is 3. The molecule has 1 unspecified atom stereocenters. The fourth-order valence-corrected chi connectivity index (χ4v) is 1.36. The zero-order chi connectivity index (χ0) is 11.3. The minimum Gasteiger partial charge on any atom is -0.392 e. The summed E-state index contributed by atoms with van der Waals surface area (Å²) in [5, 5.41) is 12.3. The second-order valence-electron chi connectivity index (χ2n) is 4.16. The molecule has 0 aliphatic carbocycles. The SMILES string of the molecule is CC(O)CNc1ccc(CN(C)C)cc1. The largest absolute Gasteiger partial charge is 0.392 e. The van der Waals surface area contributed by atoms with Gasteiger partial charge < -0.3 is 15.3 Å². The molecule has 0 fully saturated rings. The van der Waals surface area contributed by atoms with Crippen molar-refractivity contribution < 1.29 is 5.11 Å². The smallest absolute Gasteiger partial charge is 0.0684 e.